The van der Waals surface area contributed by atoms with Crippen molar-refractivity contribution in [3.05, 3.63) is 11.6 Å². The molecular weight excluding hydrogens is 268 g/mol. The van der Waals surface area contributed by atoms with E-state index in [2.05, 4.69) is 57.8 Å². The van der Waals surface area contributed by atoms with Gasteiger partial charge in [-0.15, -0.1) is 0 Å². The lowest BCUT2D eigenvalue weighted by atomic mass is 9.84. The van der Waals surface area contributed by atoms with E-state index in [1.807, 2.05) is 0 Å². The van der Waals surface area contributed by atoms with Gasteiger partial charge in [-0.2, -0.15) is 0 Å². The van der Waals surface area contributed by atoms with Gasteiger partial charge < -0.3 is 10.3 Å². The Labute approximate surface area is 139 Å². The number of unbranched alkanes of at least 4 members (excludes halogenated alkanes) is 1. The van der Waals surface area contributed by atoms with Crippen LogP contribution in [0.5, 0.6) is 0 Å². The molecule has 0 saturated heterocycles. The molecule has 0 aliphatic carbocycles. The van der Waals surface area contributed by atoms with Crippen molar-refractivity contribution in [1.82, 2.24) is 5.32 Å². The van der Waals surface area contributed by atoms with Crippen LogP contribution in [0.15, 0.2) is 16.6 Å². The first kappa shape index (κ1) is 21.4. The van der Waals surface area contributed by atoms with Crippen LogP contribution in [0.25, 0.3) is 0 Å². The predicted octanol–water partition coefficient (Wildman–Crippen LogP) is 5.63. The van der Waals surface area contributed by atoms with Crippen molar-refractivity contribution in [1.29, 1.82) is 0 Å². The Hall–Kier alpha value is -0.630. The fourth-order valence-corrected chi connectivity index (χ4v) is 3.23. The third-order valence-corrected chi connectivity index (χ3v) is 4.82. The Bertz CT molecular complexity index is 296. The second-order valence-electron chi connectivity index (χ2n) is 6.80. The standard InChI is InChI=1S/C20H40N2/c1-7-9-14-20(22-6)19(11-8-2)18(4)13-10-12-17(3)15-16-21-5/h13,17,19-20,22H,5,7-12,14-16H2,1-4,6H3. The molecular formula is C20H40N2. The highest BCUT2D eigenvalue weighted by molar-refractivity contribution is 5.23. The van der Waals surface area contributed by atoms with Gasteiger partial charge in [0.15, 0.2) is 0 Å². The van der Waals surface area contributed by atoms with Gasteiger partial charge in [-0.3, -0.25) is 0 Å². The molecule has 0 rings (SSSR count). The maximum Gasteiger partial charge on any atom is 0.0384 e. The highest BCUT2D eigenvalue weighted by Crippen LogP contribution is 2.25. The van der Waals surface area contributed by atoms with Gasteiger partial charge in [0.1, 0.15) is 0 Å². The minimum Gasteiger partial charge on any atom is -0.316 e. The Morgan fingerprint density at radius 1 is 1.14 bits per heavy atom. The topological polar surface area (TPSA) is 24.4 Å². The van der Waals surface area contributed by atoms with E-state index < -0.39 is 0 Å². The van der Waals surface area contributed by atoms with E-state index in [1.54, 1.807) is 5.57 Å². The molecule has 0 spiro atoms. The van der Waals surface area contributed by atoms with Crippen LogP contribution in [0.3, 0.4) is 0 Å². The Kier molecular flexibility index (Phi) is 13.6. The maximum absolute atomic E-state index is 3.96. The van der Waals surface area contributed by atoms with Gasteiger partial charge in [0.05, 0.1) is 0 Å². The minimum atomic E-state index is 0.638. The molecule has 130 valence electrons. The summed E-state index contributed by atoms with van der Waals surface area (Å²) in [7, 11) is 2.13. The van der Waals surface area contributed by atoms with E-state index in [1.165, 1.54) is 51.4 Å². The predicted molar refractivity (Wildman–Crippen MR) is 102 cm³/mol. The van der Waals surface area contributed by atoms with Crippen LogP contribution in [0.2, 0.25) is 0 Å². The van der Waals surface area contributed by atoms with E-state index in [0.29, 0.717) is 12.0 Å². The zero-order chi connectivity index (χ0) is 16.8. The van der Waals surface area contributed by atoms with Crippen LogP contribution in [-0.4, -0.2) is 26.4 Å². The molecule has 22 heavy (non-hydrogen) atoms. The van der Waals surface area contributed by atoms with Crippen LogP contribution < -0.4 is 5.32 Å². The SMILES string of the molecule is C=NCCC(C)CCC=C(C)C(CCC)C(CCCC)NC. The van der Waals surface area contributed by atoms with Crippen LogP contribution in [0.1, 0.15) is 79.1 Å². The molecule has 0 radical (unpaired) electrons. The first-order chi connectivity index (χ1) is 10.6. The van der Waals surface area contributed by atoms with Crippen LogP contribution in [0, 0.1) is 11.8 Å². The van der Waals surface area contributed by atoms with Crippen LogP contribution >= 0.6 is 0 Å². The van der Waals surface area contributed by atoms with E-state index in [4.69, 9.17) is 0 Å². The van der Waals surface area contributed by atoms with Gasteiger partial charge in [-0.05, 0) is 64.6 Å². The Balaban J connectivity index is 4.50. The van der Waals surface area contributed by atoms with E-state index >= 15 is 0 Å². The van der Waals surface area contributed by atoms with E-state index in [9.17, 15) is 0 Å². The van der Waals surface area contributed by atoms with Gasteiger partial charge in [0.2, 0.25) is 0 Å². The average molecular weight is 309 g/mol. The summed E-state index contributed by atoms with van der Waals surface area (Å²) in [5.74, 6) is 1.45. The highest BCUT2D eigenvalue weighted by atomic mass is 14.9. The van der Waals surface area contributed by atoms with E-state index in [-0.39, 0.29) is 0 Å². The first-order valence-electron chi connectivity index (χ1n) is 9.36. The summed E-state index contributed by atoms with van der Waals surface area (Å²) in [6, 6.07) is 0.638. The molecule has 3 atom stereocenters. The second-order valence-corrected chi connectivity index (χ2v) is 6.80. The Morgan fingerprint density at radius 3 is 2.41 bits per heavy atom. The average Bonchev–Trinajstić information content (AvgIpc) is 2.52. The maximum atomic E-state index is 3.96. The van der Waals surface area contributed by atoms with Crippen molar-refractivity contribution < 1.29 is 0 Å². The van der Waals surface area contributed by atoms with Crippen molar-refractivity contribution in [2.45, 2.75) is 85.1 Å². The lowest BCUT2D eigenvalue weighted by molar-refractivity contribution is 0.363. The third kappa shape index (κ3) is 9.40. The fourth-order valence-electron chi connectivity index (χ4n) is 3.23. The molecule has 2 nitrogen and oxygen atoms in total. The number of allylic oxidation sites excluding steroid dienone is 1. The largest absolute Gasteiger partial charge is 0.316 e. The lowest BCUT2D eigenvalue weighted by Gasteiger charge is -2.28. The smallest absolute Gasteiger partial charge is 0.0384 e. The first-order valence-corrected chi connectivity index (χ1v) is 9.36. The lowest BCUT2D eigenvalue weighted by Crippen LogP contribution is -2.34. The highest BCUT2D eigenvalue weighted by Gasteiger charge is 2.20. The summed E-state index contributed by atoms with van der Waals surface area (Å²) in [5.41, 5.74) is 1.59. The molecule has 0 heterocycles. The molecule has 0 saturated carbocycles. The third-order valence-electron chi connectivity index (χ3n) is 4.82. The zero-order valence-electron chi connectivity index (χ0n) is 15.8. The molecule has 0 bridgehead atoms. The number of nitrogens with one attached hydrogen (secondary N) is 1. The molecule has 0 aliphatic rings. The number of nitrogens with zero attached hydrogens (tertiary/aromatic N) is 1. The number of rotatable bonds is 14. The number of hydrogen-bond acceptors (Lipinski definition) is 2. The van der Waals surface area contributed by atoms with Gasteiger partial charge in [0, 0.05) is 12.6 Å². The monoisotopic (exact) mass is 308 g/mol. The van der Waals surface area contributed by atoms with Crippen molar-refractivity contribution in [2.24, 2.45) is 16.8 Å². The molecule has 2 heteroatoms. The van der Waals surface area contributed by atoms with Crippen LogP contribution in [0.4, 0.5) is 0 Å². The molecule has 0 aromatic rings. The van der Waals surface area contributed by atoms with Gasteiger partial charge in [-0.1, -0.05) is 51.7 Å². The summed E-state index contributed by atoms with van der Waals surface area (Å²) in [6.45, 7) is 13.7. The normalized spacial score (nSPS) is 16.3. The van der Waals surface area contributed by atoms with Crippen molar-refractivity contribution in [3.8, 4) is 0 Å². The molecule has 0 aromatic carbocycles. The quantitative estimate of drug-likeness (QED) is 0.326. The molecule has 0 aromatic heterocycles. The van der Waals surface area contributed by atoms with Crippen LogP contribution in [-0.2, 0) is 0 Å². The minimum absolute atomic E-state index is 0.638. The second kappa shape index (κ2) is 14.0. The molecule has 0 amide bonds. The summed E-state index contributed by atoms with van der Waals surface area (Å²) in [5, 5.41) is 3.57. The van der Waals surface area contributed by atoms with Crippen molar-refractivity contribution >= 4 is 6.72 Å². The zero-order valence-corrected chi connectivity index (χ0v) is 15.8. The fraction of sp³-hybridized carbons (Fsp3) is 0.850. The number of aliphatic imine (C=N–C) groups is 1. The van der Waals surface area contributed by atoms with Crippen molar-refractivity contribution in [2.75, 3.05) is 13.6 Å². The summed E-state index contributed by atoms with van der Waals surface area (Å²) in [6.07, 6.45) is 12.6. The number of hydrogen-bond donors (Lipinski definition) is 1. The van der Waals surface area contributed by atoms with Crippen molar-refractivity contribution in [3.63, 3.8) is 0 Å². The molecule has 1 N–H and O–H groups in total. The van der Waals surface area contributed by atoms with Gasteiger partial charge in [0.25, 0.3) is 0 Å². The summed E-state index contributed by atoms with van der Waals surface area (Å²) < 4.78 is 0. The van der Waals surface area contributed by atoms with E-state index in [0.717, 1.165) is 12.5 Å². The Morgan fingerprint density at radius 2 is 1.86 bits per heavy atom. The van der Waals surface area contributed by atoms with Gasteiger partial charge >= 0.3 is 0 Å². The summed E-state index contributed by atoms with van der Waals surface area (Å²) >= 11 is 0. The summed E-state index contributed by atoms with van der Waals surface area (Å²) in [4.78, 5) is 3.96. The molecule has 0 aliphatic heterocycles. The van der Waals surface area contributed by atoms with Gasteiger partial charge in [-0.25, -0.2) is 0 Å². The molecule has 0 fully saturated rings. The molecule has 3 unspecified atom stereocenters.